The average Bonchev–Trinajstić information content (AvgIpc) is 2.49. The van der Waals surface area contributed by atoms with Gasteiger partial charge in [0.15, 0.2) is 0 Å². The lowest BCUT2D eigenvalue weighted by atomic mass is 9.69. The van der Waals surface area contributed by atoms with Crippen LogP contribution in [0, 0.1) is 23.7 Å². The molecule has 0 saturated heterocycles. The minimum absolute atomic E-state index is 0.765. The first-order valence-electron chi connectivity index (χ1n) is 8.71. The van der Waals surface area contributed by atoms with Crippen LogP contribution in [-0.4, -0.2) is 0 Å². The van der Waals surface area contributed by atoms with E-state index < -0.39 is 0 Å². The van der Waals surface area contributed by atoms with E-state index in [-0.39, 0.29) is 0 Å². The molecule has 2 saturated carbocycles. The third kappa shape index (κ3) is 4.95. The molecule has 0 N–H and O–H groups in total. The van der Waals surface area contributed by atoms with Crippen LogP contribution in [0.1, 0.15) is 71.1 Å². The zero-order valence-corrected chi connectivity index (χ0v) is 13.8. The second-order valence-electron chi connectivity index (χ2n) is 6.92. The van der Waals surface area contributed by atoms with Gasteiger partial charge in [-0.15, -0.1) is 0 Å². The Morgan fingerprint density at radius 3 is 2.05 bits per heavy atom. The molecule has 0 aromatic carbocycles. The Balaban J connectivity index is 1.67. The topological polar surface area (TPSA) is 0 Å². The zero-order valence-electron chi connectivity index (χ0n) is 13.1. The lowest BCUT2D eigenvalue weighted by molar-refractivity contribution is 0.153. The van der Waals surface area contributed by atoms with Crippen molar-refractivity contribution in [2.24, 2.45) is 23.7 Å². The third-order valence-electron chi connectivity index (χ3n) is 5.70. The quantitative estimate of drug-likeness (QED) is 0.494. The standard InChI is InChI=1S/C19H31Cl/c1-2-3-4-5-16-6-10-18(11-7-16)19-12-8-17(9-13-19)14-15-20/h2-3,14-19H,4-13H2,1H3. The molecule has 20 heavy (non-hydrogen) atoms. The van der Waals surface area contributed by atoms with Crippen LogP contribution in [0.3, 0.4) is 0 Å². The largest absolute Gasteiger partial charge is 0.0933 e. The normalized spacial score (nSPS) is 35.9. The van der Waals surface area contributed by atoms with E-state index in [9.17, 15) is 0 Å². The van der Waals surface area contributed by atoms with Crippen molar-refractivity contribution in [3.63, 3.8) is 0 Å². The van der Waals surface area contributed by atoms with Gasteiger partial charge in [-0.3, -0.25) is 0 Å². The van der Waals surface area contributed by atoms with Gasteiger partial charge in [0.1, 0.15) is 0 Å². The highest BCUT2D eigenvalue weighted by Gasteiger charge is 2.29. The molecule has 2 aliphatic rings. The summed E-state index contributed by atoms with van der Waals surface area (Å²) in [5.41, 5.74) is 1.72. The SMILES string of the molecule is CC=CCCC1CCC(C2CCC(C=CCl)CC2)CC1. The van der Waals surface area contributed by atoms with Gasteiger partial charge < -0.3 is 0 Å². The van der Waals surface area contributed by atoms with Gasteiger partial charge in [-0.05, 0) is 82.0 Å². The third-order valence-corrected chi connectivity index (χ3v) is 5.84. The molecule has 0 aromatic rings. The molecule has 0 radical (unpaired) electrons. The fourth-order valence-electron chi connectivity index (χ4n) is 4.36. The fourth-order valence-corrected chi connectivity index (χ4v) is 4.56. The molecule has 114 valence electrons. The van der Waals surface area contributed by atoms with Crippen molar-refractivity contribution in [2.45, 2.75) is 71.1 Å². The first-order chi connectivity index (χ1) is 9.83. The summed E-state index contributed by atoms with van der Waals surface area (Å²) in [7, 11) is 0. The molecule has 0 atom stereocenters. The van der Waals surface area contributed by atoms with Crippen LogP contribution in [0.4, 0.5) is 0 Å². The van der Waals surface area contributed by atoms with Crippen molar-refractivity contribution in [3.8, 4) is 0 Å². The van der Waals surface area contributed by atoms with Crippen LogP contribution in [0.25, 0.3) is 0 Å². The van der Waals surface area contributed by atoms with E-state index in [1.54, 1.807) is 5.54 Å². The molecule has 2 rings (SSSR count). The van der Waals surface area contributed by atoms with E-state index in [1.165, 1.54) is 64.2 Å². The van der Waals surface area contributed by atoms with Gasteiger partial charge >= 0.3 is 0 Å². The average molecular weight is 295 g/mol. The van der Waals surface area contributed by atoms with Gasteiger partial charge in [0.2, 0.25) is 0 Å². The van der Waals surface area contributed by atoms with E-state index in [4.69, 9.17) is 11.6 Å². The fraction of sp³-hybridized carbons (Fsp3) is 0.789. The van der Waals surface area contributed by atoms with Crippen LogP contribution >= 0.6 is 11.6 Å². The van der Waals surface area contributed by atoms with Crippen LogP contribution in [0.2, 0.25) is 0 Å². The lowest BCUT2D eigenvalue weighted by Crippen LogP contribution is -2.25. The molecule has 0 aromatic heterocycles. The van der Waals surface area contributed by atoms with Crippen LogP contribution in [0.15, 0.2) is 23.8 Å². The summed E-state index contributed by atoms with van der Waals surface area (Å²) >= 11 is 5.70. The summed E-state index contributed by atoms with van der Waals surface area (Å²) in [6, 6.07) is 0. The summed E-state index contributed by atoms with van der Waals surface area (Å²) in [5, 5.41) is 0. The van der Waals surface area contributed by atoms with Gasteiger partial charge in [-0.25, -0.2) is 0 Å². The molecule has 2 aliphatic carbocycles. The summed E-state index contributed by atoms with van der Waals surface area (Å²) < 4.78 is 0. The molecule has 0 amide bonds. The summed E-state index contributed by atoms with van der Waals surface area (Å²) in [6.07, 6.45) is 21.1. The molecular weight excluding hydrogens is 264 g/mol. The smallest absolute Gasteiger partial charge is 0.000525 e. The van der Waals surface area contributed by atoms with Gasteiger partial charge in [-0.2, -0.15) is 0 Å². The zero-order chi connectivity index (χ0) is 14.2. The monoisotopic (exact) mass is 294 g/mol. The molecule has 2 fully saturated rings. The maximum absolute atomic E-state index is 5.70. The Labute approximate surface area is 130 Å². The minimum Gasteiger partial charge on any atom is -0.0933 e. The molecule has 0 bridgehead atoms. The Morgan fingerprint density at radius 1 is 0.900 bits per heavy atom. The Hall–Kier alpha value is -0.230. The number of hydrogen-bond donors (Lipinski definition) is 0. The summed E-state index contributed by atoms with van der Waals surface area (Å²) in [5.74, 6) is 3.83. The van der Waals surface area contributed by atoms with Crippen molar-refractivity contribution in [2.75, 3.05) is 0 Å². The predicted octanol–water partition coefficient (Wildman–Crippen LogP) is 6.71. The van der Waals surface area contributed by atoms with E-state index in [1.807, 2.05) is 0 Å². The Bertz CT molecular complexity index is 302. The lowest BCUT2D eigenvalue weighted by Gasteiger charge is -2.37. The minimum atomic E-state index is 0.765. The van der Waals surface area contributed by atoms with E-state index in [0.717, 1.165) is 23.7 Å². The highest BCUT2D eigenvalue weighted by molar-refractivity contribution is 6.25. The second kappa shape index (κ2) is 8.93. The number of halogens is 1. The molecular formula is C19H31Cl. The van der Waals surface area contributed by atoms with Crippen molar-refractivity contribution in [3.05, 3.63) is 23.8 Å². The number of allylic oxidation sites excluding steroid dienone is 3. The van der Waals surface area contributed by atoms with Crippen molar-refractivity contribution in [1.82, 2.24) is 0 Å². The Morgan fingerprint density at radius 2 is 1.50 bits per heavy atom. The van der Waals surface area contributed by atoms with E-state index in [0.29, 0.717) is 0 Å². The van der Waals surface area contributed by atoms with Gasteiger partial charge in [0, 0.05) is 5.54 Å². The maximum Gasteiger partial charge on any atom is 0.000525 e. The van der Waals surface area contributed by atoms with Gasteiger partial charge in [0.05, 0.1) is 0 Å². The van der Waals surface area contributed by atoms with Crippen molar-refractivity contribution < 1.29 is 0 Å². The van der Waals surface area contributed by atoms with Crippen LogP contribution in [0.5, 0.6) is 0 Å². The number of rotatable bonds is 5. The van der Waals surface area contributed by atoms with Crippen molar-refractivity contribution in [1.29, 1.82) is 0 Å². The van der Waals surface area contributed by atoms with Crippen LogP contribution < -0.4 is 0 Å². The van der Waals surface area contributed by atoms with E-state index >= 15 is 0 Å². The molecule has 0 spiro atoms. The summed E-state index contributed by atoms with van der Waals surface area (Å²) in [6.45, 7) is 2.13. The van der Waals surface area contributed by atoms with E-state index in [2.05, 4.69) is 25.2 Å². The highest BCUT2D eigenvalue weighted by atomic mass is 35.5. The van der Waals surface area contributed by atoms with Crippen LogP contribution in [-0.2, 0) is 0 Å². The second-order valence-corrected chi connectivity index (χ2v) is 7.17. The first kappa shape index (κ1) is 16.1. The molecule has 0 aliphatic heterocycles. The molecule has 0 unspecified atom stereocenters. The van der Waals surface area contributed by atoms with Crippen molar-refractivity contribution >= 4 is 11.6 Å². The molecule has 0 heterocycles. The predicted molar refractivity (Wildman–Crippen MR) is 89.9 cm³/mol. The highest BCUT2D eigenvalue weighted by Crippen LogP contribution is 2.42. The summed E-state index contributed by atoms with van der Waals surface area (Å²) in [4.78, 5) is 0. The first-order valence-corrected chi connectivity index (χ1v) is 9.15. The molecule has 1 heteroatoms. The van der Waals surface area contributed by atoms with Gasteiger partial charge in [-0.1, -0.05) is 42.7 Å². The Kier molecular flexibility index (Phi) is 7.21. The maximum atomic E-state index is 5.70. The number of hydrogen-bond acceptors (Lipinski definition) is 0. The molecule has 0 nitrogen and oxygen atoms in total. The van der Waals surface area contributed by atoms with Gasteiger partial charge in [0.25, 0.3) is 0 Å².